The maximum absolute atomic E-state index is 10.8. The van der Waals surface area contributed by atoms with E-state index in [1.165, 1.54) is 25.3 Å². The molecule has 3 nitrogen and oxygen atoms in total. The van der Waals surface area contributed by atoms with Gasteiger partial charge in [-0.2, -0.15) is 0 Å². The maximum Gasteiger partial charge on any atom is 0.331 e. The van der Waals surface area contributed by atoms with Crippen molar-refractivity contribution in [2.75, 3.05) is 0 Å². The summed E-state index contributed by atoms with van der Waals surface area (Å²) in [5, 5.41) is 9.75. The molecule has 0 spiro atoms. The lowest BCUT2D eigenvalue weighted by Gasteiger charge is -2.14. The minimum atomic E-state index is -0.585. The molecule has 0 fully saturated rings. The van der Waals surface area contributed by atoms with E-state index in [1.807, 2.05) is 0 Å². The zero-order valence-corrected chi connectivity index (χ0v) is 10.5. The van der Waals surface area contributed by atoms with Crippen LogP contribution in [0.2, 0.25) is 0 Å². The fraction of sp³-hybridized carbons (Fsp3) is 0.643. The molecule has 0 amide bonds. The number of rotatable bonds is 8. The summed E-state index contributed by atoms with van der Waals surface area (Å²) in [6, 6.07) is 0. The van der Waals surface area contributed by atoms with Gasteiger partial charge in [-0.3, -0.25) is 0 Å². The van der Waals surface area contributed by atoms with Crippen molar-refractivity contribution in [3.8, 4) is 0 Å². The van der Waals surface area contributed by atoms with Crippen molar-refractivity contribution in [3.63, 3.8) is 0 Å². The van der Waals surface area contributed by atoms with Gasteiger partial charge in [-0.05, 0) is 31.8 Å². The van der Waals surface area contributed by atoms with Crippen molar-refractivity contribution in [2.45, 2.75) is 57.7 Å². The van der Waals surface area contributed by atoms with Crippen molar-refractivity contribution in [1.82, 2.24) is 0 Å². The van der Waals surface area contributed by atoms with E-state index in [0.29, 0.717) is 6.42 Å². The van der Waals surface area contributed by atoms with Crippen molar-refractivity contribution in [2.24, 2.45) is 0 Å². The van der Waals surface area contributed by atoms with Crippen LogP contribution in [0.25, 0.3) is 0 Å². The SMILES string of the molecule is CCCCC/C=C/CC[C@H](O)[C@@H]1C=CC(=O)O1. The summed E-state index contributed by atoms with van der Waals surface area (Å²) < 4.78 is 4.91. The third-order valence-electron chi connectivity index (χ3n) is 2.82. The molecule has 2 atom stereocenters. The number of hydrogen-bond donors (Lipinski definition) is 1. The molecule has 0 aromatic rings. The van der Waals surface area contributed by atoms with Gasteiger partial charge < -0.3 is 9.84 Å². The Kier molecular flexibility index (Phi) is 6.63. The van der Waals surface area contributed by atoms with E-state index in [-0.39, 0.29) is 5.97 Å². The molecule has 1 aliphatic heterocycles. The lowest BCUT2D eigenvalue weighted by Crippen LogP contribution is -2.25. The topological polar surface area (TPSA) is 46.5 Å². The predicted octanol–water partition coefficient (Wildman–Crippen LogP) is 2.75. The van der Waals surface area contributed by atoms with Crippen LogP contribution < -0.4 is 0 Å². The molecule has 1 heterocycles. The van der Waals surface area contributed by atoms with Crippen molar-refractivity contribution in [3.05, 3.63) is 24.3 Å². The minimum Gasteiger partial charge on any atom is -0.452 e. The molecule has 0 aliphatic carbocycles. The second-order valence-electron chi connectivity index (χ2n) is 4.37. The first-order valence-electron chi connectivity index (χ1n) is 6.46. The molecular formula is C14H22O3. The van der Waals surface area contributed by atoms with Crippen LogP contribution >= 0.6 is 0 Å². The molecule has 1 aliphatic rings. The van der Waals surface area contributed by atoms with Crippen LogP contribution in [0, 0.1) is 0 Å². The summed E-state index contributed by atoms with van der Waals surface area (Å²) in [6.07, 6.45) is 12.5. The Morgan fingerprint density at radius 1 is 1.41 bits per heavy atom. The Hall–Kier alpha value is -1.09. The summed E-state index contributed by atoms with van der Waals surface area (Å²) >= 11 is 0. The van der Waals surface area contributed by atoms with Crippen molar-refractivity contribution >= 4 is 5.97 Å². The number of aliphatic hydroxyl groups excluding tert-OH is 1. The van der Waals surface area contributed by atoms with Crippen molar-refractivity contribution < 1.29 is 14.6 Å². The Labute approximate surface area is 103 Å². The second kappa shape index (κ2) is 8.07. The number of hydrogen-bond acceptors (Lipinski definition) is 3. The molecule has 0 saturated carbocycles. The summed E-state index contributed by atoms with van der Waals surface area (Å²) in [5.41, 5.74) is 0. The smallest absolute Gasteiger partial charge is 0.331 e. The van der Waals surface area contributed by atoms with E-state index in [4.69, 9.17) is 4.74 Å². The molecule has 96 valence electrons. The van der Waals surface area contributed by atoms with E-state index in [2.05, 4.69) is 19.1 Å². The predicted molar refractivity (Wildman–Crippen MR) is 67.5 cm³/mol. The normalized spacial score (nSPS) is 21.1. The molecule has 1 rings (SSSR count). The van der Waals surface area contributed by atoms with Crippen LogP contribution in [0.4, 0.5) is 0 Å². The number of carbonyl (C=O) groups is 1. The van der Waals surface area contributed by atoms with Crippen LogP contribution in [0.1, 0.15) is 45.4 Å². The molecule has 0 aromatic carbocycles. The minimum absolute atomic E-state index is 0.357. The van der Waals surface area contributed by atoms with Crippen molar-refractivity contribution in [1.29, 1.82) is 0 Å². The third-order valence-corrected chi connectivity index (χ3v) is 2.82. The van der Waals surface area contributed by atoms with Gasteiger partial charge in [0, 0.05) is 6.08 Å². The Morgan fingerprint density at radius 3 is 2.82 bits per heavy atom. The van der Waals surface area contributed by atoms with Crippen LogP contribution in [0.3, 0.4) is 0 Å². The summed E-state index contributed by atoms with van der Waals surface area (Å²) in [6.45, 7) is 2.19. The molecule has 1 N–H and O–H groups in total. The largest absolute Gasteiger partial charge is 0.452 e. The van der Waals surface area contributed by atoms with Crippen LogP contribution in [0.5, 0.6) is 0 Å². The number of allylic oxidation sites excluding steroid dienone is 2. The lowest BCUT2D eigenvalue weighted by atomic mass is 10.1. The monoisotopic (exact) mass is 238 g/mol. The first-order chi connectivity index (χ1) is 8.24. The van der Waals surface area contributed by atoms with Gasteiger partial charge in [0.1, 0.15) is 6.10 Å². The average molecular weight is 238 g/mol. The standard InChI is InChI=1S/C14H22O3/c1-2-3-4-5-6-7-8-9-12(15)13-10-11-14(16)17-13/h6-7,10-13,15H,2-5,8-9H2,1H3/b7-6+/t12-,13-/m0/s1. The van der Waals surface area contributed by atoms with Gasteiger partial charge in [-0.1, -0.05) is 31.9 Å². The number of ether oxygens (including phenoxy) is 1. The summed E-state index contributed by atoms with van der Waals surface area (Å²) in [4.78, 5) is 10.8. The van der Waals surface area contributed by atoms with Gasteiger partial charge >= 0.3 is 5.97 Å². The Bertz CT molecular complexity index is 281. The van der Waals surface area contributed by atoms with Gasteiger partial charge in [0.2, 0.25) is 0 Å². The molecular weight excluding hydrogens is 216 g/mol. The summed E-state index contributed by atoms with van der Waals surface area (Å²) in [5.74, 6) is -0.357. The summed E-state index contributed by atoms with van der Waals surface area (Å²) in [7, 11) is 0. The molecule has 17 heavy (non-hydrogen) atoms. The highest BCUT2D eigenvalue weighted by atomic mass is 16.6. The van der Waals surface area contributed by atoms with Crippen LogP contribution in [-0.2, 0) is 9.53 Å². The number of unbranched alkanes of at least 4 members (excludes halogenated alkanes) is 3. The molecule has 3 heteroatoms. The van der Waals surface area contributed by atoms with E-state index >= 15 is 0 Å². The zero-order chi connectivity index (χ0) is 12.5. The zero-order valence-electron chi connectivity index (χ0n) is 10.5. The van der Waals surface area contributed by atoms with E-state index < -0.39 is 12.2 Å². The first-order valence-corrected chi connectivity index (χ1v) is 6.46. The van der Waals surface area contributed by atoms with E-state index in [0.717, 1.165) is 12.8 Å². The fourth-order valence-electron chi connectivity index (χ4n) is 1.77. The Morgan fingerprint density at radius 2 is 2.18 bits per heavy atom. The fourth-order valence-corrected chi connectivity index (χ4v) is 1.77. The van der Waals surface area contributed by atoms with Gasteiger partial charge in [0.15, 0.2) is 0 Å². The molecule has 0 saturated heterocycles. The molecule has 0 bridgehead atoms. The van der Waals surface area contributed by atoms with E-state index in [9.17, 15) is 9.90 Å². The van der Waals surface area contributed by atoms with Gasteiger partial charge in [-0.15, -0.1) is 0 Å². The van der Waals surface area contributed by atoms with Gasteiger partial charge in [0.25, 0.3) is 0 Å². The molecule has 0 radical (unpaired) electrons. The first kappa shape index (κ1) is 14.0. The quantitative estimate of drug-likeness (QED) is 0.402. The number of aliphatic hydroxyl groups is 1. The highest BCUT2D eigenvalue weighted by Gasteiger charge is 2.23. The number of carbonyl (C=O) groups excluding carboxylic acids is 1. The number of esters is 1. The molecule has 0 unspecified atom stereocenters. The maximum atomic E-state index is 10.8. The average Bonchev–Trinajstić information content (AvgIpc) is 2.74. The highest BCUT2D eigenvalue weighted by Crippen LogP contribution is 2.13. The second-order valence-corrected chi connectivity index (χ2v) is 4.37. The lowest BCUT2D eigenvalue weighted by molar-refractivity contribution is -0.142. The van der Waals surface area contributed by atoms with Crippen LogP contribution in [0.15, 0.2) is 24.3 Å². The van der Waals surface area contributed by atoms with Gasteiger partial charge in [-0.25, -0.2) is 4.79 Å². The van der Waals surface area contributed by atoms with Crippen LogP contribution in [-0.4, -0.2) is 23.3 Å². The van der Waals surface area contributed by atoms with E-state index in [1.54, 1.807) is 6.08 Å². The number of cyclic esters (lactones) is 1. The molecule has 0 aromatic heterocycles. The third kappa shape index (κ3) is 5.68. The highest BCUT2D eigenvalue weighted by molar-refractivity contribution is 5.84. The Balaban J connectivity index is 2.06. The van der Waals surface area contributed by atoms with Gasteiger partial charge in [0.05, 0.1) is 6.10 Å².